The number of methoxy groups -OCH3 is 1. The topological polar surface area (TPSA) is 97.5 Å². The molecular formula is C22H32N4O4. The van der Waals surface area contributed by atoms with Gasteiger partial charge in [-0.05, 0) is 25.3 Å². The number of hydrogen-bond acceptors (Lipinski definition) is 7. The van der Waals surface area contributed by atoms with Crippen LogP contribution in [0.3, 0.4) is 0 Å². The van der Waals surface area contributed by atoms with Crippen LogP contribution in [0.25, 0.3) is 0 Å². The second kappa shape index (κ2) is 10.4. The molecule has 0 saturated heterocycles. The number of ether oxygens (including phenoxy) is 2. The number of amides is 1. The molecular weight excluding hydrogens is 384 g/mol. The Morgan fingerprint density at radius 3 is 2.80 bits per heavy atom. The number of nitrogens with zero attached hydrogens (tertiary/aromatic N) is 3. The van der Waals surface area contributed by atoms with Crippen molar-refractivity contribution in [3.05, 3.63) is 23.8 Å². The summed E-state index contributed by atoms with van der Waals surface area (Å²) >= 11 is 0. The smallest absolute Gasteiger partial charge is 0.260 e. The summed E-state index contributed by atoms with van der Waals surface area (Å²) in [5.74, 6) is 0.707. The summed E-state index contributed by atoms with van der Waals surface area (Å²) in [7, 11) is 1.45. The highest BCUT2D eigenvalue weighted by Gasteiger charge is 2.28. The molecule has 3 rings (SSSR count). The first-order chi connectivity index (χ1) is 14.6. The van der Waals surface area contributed by atoms with Gasteiger partial charge < -0.3 is 25.0 Å². The molecule has 2 aliphatic rings. The third-order valence-corrected chi connectivity index (χ3v) is 5.76. The highest BCUT2D eigenvalue weighted by atomic mass is 16.5. The van der Waals surface area contributed by atoms with Crippen LogP contribution in [-0.4, -0.2) is 60.5 Å². The van der Waals surface area contributed by atoms with Gasteiger partial charge in [0.1, 0.15) is 11.4 Å². The van der Waals surface area contributed by atoms with Crippen LogP contribution in [-0.2, 0) is 20.9 Å². The molecule has 0 aromatic heterocycles. The molecule has 164 valence electrons. The highest BCUT2D eigenvalue weighted by Crippen LogP contribution is 2.35. The van der Waals surface area contributed by atoms with Gasteiger partial charge in [-0.25, -0.2) is 4.99 Å². The van der Waals surface area contributed by atoms with Crippen LogP contribution >= 0.6 is 0 Å². The zero-order chi connectivity index (χ0) is 21.5. The predicted molar refractivity (Wildman–Crippen MR) is 115 cm³/mol. The van der Waals surface area contributed by atoms with E-state index in [1.54, 1.807) is 11.0 Å². The standard InChI is InChI=1S/C22H32N4O4/c1-3-12-25(17-9-5-4-6-10-17)19(28)15-30-18-11-7-8-16-13-26(20(14-27)29-2)22(23)24-21(16)18/h7-8,11,14,17,20H,3-6,9-10,12-13,15H2,1-2H3,(H2,23,24). The van der Waals surface area contributed by atoms with E-state index < -0.39 is 6.23 Å². The molecule has 1 saturated carbocycles. The highest BCUT2D eigenvalue weighted by molar-refractivity contribution is 5.87. The van der Waals surface area contributed by atoms with Crippen LogP contribution in [0.15, 0.2) is 23.2 Å². The van der Waals surface area contributed by atoms with Crippen LogP contribution in [0.2, 0.25) is 0 Å². The summed E-state index contributed by atoms with van der Waals surface area (Å²) in [5.41, 5.74) is 7.52. The van der Waals surface area contributed by atoms with E-state index in [4.69, 9.17) is 15.2 Å². The zero-order valence-electron chi connectivity index (χ0n) is 17.9. The Morgan fingerprint density at radius 2 is 2.13 bits per heavy atom. The molecule has 1 heterocycles. The van der Waals surface area contributed by atoms with E-state index in [-0.39, 0.29) is 18.5 Å². The summed E-state index contributed by atoms with van der Waals surface area (Å²) < 4.78 is 11.1. The van der Waals surface area contributed by atoms with E-state index in [1.165, 1.54) is 26.4 Å². The number of nitrogens with two attached hydrogens (primary N) is 1. The van der Waals surface area contributed by atoms with Gasteiger partial charge in [0.15, 0.2) is 25.1 Å². The first-order valence-corrected chi connectivity index (χ1v) is 10.7. The predicted octanol–water partition coefficient (Wildman–Crippen LogP) is 2.57. The van der Waals surface area contributed by atoms with Crippen molar-refractivity contribution in [2.24, 2.45) is 10.7 Å². The molecule has 1 atom stereocenters. The van der Waals surface area contributed by atoms with Gasteiger partial charge in [0.2, 0.25) is 0 Å². The number of fused-ring (bicyclic) bond motifs is 1. The van der Waals surface area contributed by atoms with Crippen molar-refractivity contribution >= 4 is 23.8 Å². The lowest BCUT2D eigenvalue weighted by Crippen LogP contribution is -2.47. The lowest BCUT2D eigenvalue weighted by molar-refractivity contribution is -0.136. The second-order valence-corrected chi connectivity index (χ2v) is 7.79. The van der Waals surface area contributed by atoms with Crippen molar-refractivity contribution in [1.82, 2.24) is 9.80 Å². The summed E-state index contributed by atoms with van der Waals surface area (Å²) in [6.45, 7) is 3.19. The number of hydrogen-bond donors (Lipinski definition) is 1. The summed E-state index contributed by atoms with van der Waals surface area (Å²) in [6, 6.07) is 5.85. The van der Waals surface area contributed by atoms with Gasteiger partial charge in [-0.15, -0.1) is 0 Å². The van der Waals surface area contributed by atoms with Gasteiger partial charge in [0.25, 0.3) is 5.91 Å². The monoisotopic (exact) mass is 416 g/mol. The zero-order valence-corrected chi connectivity index (χ0v) is 17.9. The van der Waals surface area contributed by atoms with Gasteiger partial charge >= 0.3 is 0 Å². The van der Waals surface area contributed by atoms with Crippen molar-refractivity contribution in [1.29, 1.82) is 0 Å². The quantitative estimate of drug-likeness (QED) is 0.622. The van der Waals surface area contributed by atoms with E-state index in [1.807, 2.05) is 17.0 Å². The molecule has 1 unspecified atom stereocenters. The van der Waals surface area contributed by atoms with Crippen LogP contribution < -0.4 is 10.5 Å². The molecule has 2 N–H and O–H groups in total. The van der Waals surface area contributed by atoms with Crippen molar-refractivity contribution in [2.75, 3.05) is 20.3 Å². The first kappa shape index (κ1) is 22.1. The minimum absolute atomic E-state index is 0.0103. The third-order valence-electron chi connectivity index (χ3n) is 5.76. The van der Waals surface area contributed by atoms with Crippen LogP contribution in [0.5, 0.6) is 5.75 Å². The average molecular weight is 417 g/mol. The van der Waals surface area contributed by atoms with Crippen LogP contribution in [0.4, 0.5) is 5.69 Å². The molecule has 8 nitrogen and oxygen atoms in total. The normalized spacial score (nSPS) is 17.7. The molecule has 1 aliphatic heterocycles. The summed E-state index contributed by atoms with van der Waals surface area (Å²) in [4.78, 5) is 32.2. The Balaban J connectivity index is 1.71. The van der Waals surface area contributed by atoms with Crippen molar-refractivity contribution in [2.45, 2.75) is 64.3 Å². The number of aliphatic imine (C=N–C) groups is 1. The molecule has 1 aromatic rings. The first-order valence-electron chi connectivity index (χ1n) is 10.7. The molecule has 1 amide bonds. The van der Waals surface area contributed by atoms with Crippen LogP contribution in [0, 0.1) is 0 Å². The number of para-hydroxylation sites is 1. The maximum Gasteiger partial charge on any atom is 0.260 e. The maximum absolute atomic E-state index is 12.9. The minimum Gasteiger partial charge on any atom is -0.481 e. The fourth-order valence-corrected chi connectivity index (χ4v) is 4.23. The third kappa shape index (κ3) is 4.92. The number of guanidine groups is 1. The van der Waals surface area contributed by atoms with Crippen molar-refractivity contribution in [3.63, 3.8) is 0 Å². The maximum atomic E-state index is 12.9. The Hall–Kier alpha value is -2.61. The molecule has 1 fully saturated rings. The van der Waals surface area contributed by atoms with Gasteiger partial charge in [-0.2, -0.15) is 0 Å². The van der Waals surface area contributed by atoms with Gasteiger partial charge in [-0.3, -0.25) is 9.59 Å². The molecule has 1 aliphatic carbocycles. The van der Waals surface area contributed by atoms with Crippen molar-refractivity contribution in [3.8, 4) is 5.75 Å². The van der Waals surface area contributed by atoms with E-state index in [9.17, 15) is 9.59 Å². The van der Waals surface area contributed by atoms with Gasteiger partial charge in [0.05, 0.1) is 6.54 Å². The largest absolute Gasteiger partial charge is 0.481 e. The Bertz CT molecular complexity index is 776. The molecule has 0 spiro atoms. The number of rotatable bonds is 9. The van der Waals surface area contributed by atoms with E-state index in [0.717, 1.165) is 31.4 Å². The molecule has 30 heavy (non-hydrogen) atoms. The number of aldehydes is 1. The number of carbonyl (C=O) groups is 2. The van der Waals surface area contributed by atoms with Crippen LogP contribution in [0.1, 0.15) is 51.0 Å². The summed E-state index contributed by atoms with van der Waals surface area (Å²) in [5, 5.41) is 0. The lowest BCUT2D eigenvalue weighted by atomic mass is 9.94. The average Bonchev–Trinajstić information content (AvgIpc) is 2.77. The van der Waals surface area contributed by atoms with E-state index >= 15 is 0 Å². The molecule has 0 radical (unpaired) electrons. The summed E-state index contributed by atoms with van der Waals surface area (Å²) in [6.07, 6.45) is 6.56. The SMILES string of the molecule is CCCN(C(=O)COc1cccc2c1N=C(N)N(C(C=O)OC)C2)C1CCCCC1. The minimum atomic E-state index is -0.800. The Kier molecular flexibility index (Phi) is 7.68. The van der Waals surface area contributed by atoms with Gasteiger partial charge in [-0.1, -0.05) is 38.3 Å². The number of benzene rings is 1. The second-order valence-electron chi connectivity index (χ2n) is 7.79. The molecule has 1 aromatic carbocycles. The molecule has 0 bridgehead atoms. The Labute approximate surface area is 178 Å². The Morgan fingerprint density at radius 1 is 1.37 bits per heavy atom. The fourth-order valence-electron chi connectivity index (χ4n) is 4.23. The molecule has 8 heteroatoms. The van der Waals surface area contributed by atoms with Gasteiger partial charge in [0, 0.05) is 25.3 Å². The van der Waals surface area contributed by atoms with E-state index in [0.29, 0.717) is 30.3 Å². The number of carbonyl (C=O) groups excluding carboxylic acids is 2. The van der Waals surface area contributed by atoms with Crippen molar-refractivity contribution < 1.29 is 19.1 Å². The fraction of sp³-hybridized carbons (Fsp3) is 0.591. The van der Waals surface area contributed by atoms with E-state index in [2.05, 4.69) is 11.9 Å². The lowest BCUT2D eigenvalue weighted by Gasteiger charge is -2.34.